The number of thioether (sulfide) groups is 1. The summed E-state index contributed by atoms with van der Waals surface area (Å²) in [6.07, 6.45) is 0.180. The first-order valence-corrected chi connectivity index (χ1v) is 5.36. The Morgan fingerprint density at radius 1 is 1.50 bits per heavy atom. The maximum atomic E-state index is 10.3. The highest BCUT2D eigenvalue weighted by Crippen LogP contribution is 2.18. The van der Waals surface area contributed by atoms with Crippen LogP contribution >= 0.6 is 11.8 Å². The van der Waals surface area contributed by atoms with Crippen molar-refractivity contribution < 1.29 is 9.90 Å². The molecule has 3 nitrogen and oxygen atoms in total. The van der Waals surface area contributed by atoms with Gasteiger partial charge in [-0.2, -0.15) is 0 Å². The van der Waals surface area contributed by atoms with Gasteiger partial charge in [0.05, 0.1) is 11.4 Å². The number of hydrogen-bond acceptors (Lipinski definition) is 3. The van der Waals surface area contributed by atoms with E-state index in [1.807, 2.05) is 26.0 Å². The Morgan fingerprint density at radius 3 is 2.79 bits per heavy atom. The van der Waals surface area contributed by atoms with Crippen molar-refractivity contribution in [3.8, 4) is 0 Å². The molecule has 0 unspecified atom stereocenters. The molecule has 1 rings (SSSR count). The third-order valence-electron chi connectivity index (χ3n) is 1.64. The Morgan fingerprint density at radius 2 is 2.21 bits per heavy atom. The summed E-state index contributed by atoms with van der Waals surface area (Å²) in [5.41, 5.74) is 2.14. The van der Waals surface area contributed by atoms with Crippen molar-refractivity contribution in [2.75, 3.05) is 5.75 Å². The second kappa shape index (κ2) is 5.00. The van der Waals surface area contributed by atoms with Gasteiger partial charge >= 0.3 is 5.97 Å². The molecule has 4 heteroatoms. The minimum atomic E-state index is -0.762. The summed E-state index contributed by atoms with van der Waals surface area (Å²) in [4.78, 5) is 14.6. The summed E-state index contributed by atoms with van der Waals surface area (Å²) in [7, 11) is 0. The summed E-state index contributed by atoms with van der Waals surface area (Å²) in [6.45, 7) is 3.95. The van der Waals surface area contributed by atoms with E-state index in [1.54, 1.807) is 0 Å². The second-order valence-electron chi connectivity index (χ2n) is 3.12. The number of hydrogen-bond donors (Lipinski definition) is 1. The van der Waals surface area contributed by atoms with Crippen molar-refractivity contribution >= 4 is 17.7 Å². The lowest BCUT2D eigenvalue weighted by Crippen LogP contribution is -1.96. The zero-order chi connectivity index (χ0) is 10.6. The van der Waals surface area contributed by atoms with E-state index in [2.05, 4.69) is 4.98 Å². The van der Waals surface area contributed by atoms with Crippen LogP contribution in [-0.2, 0) is 4.79 Å². The molecule has 0 aliphatic rings. The highest BCUT2D eigenvalue weighted by Gasteiger charge is 2.01. The van der Waals surface area contributed by atoms with Crippen LogP contribution < -0.4 is 0 Å². The molecule has 0 atom stereocenters. The number of pyridine rings is 1. The van der Waals surface area contributed by atoms with Crippen LogP contribution in [0.1, 0.15) is 17.7 Å². The van der Waals surface area contributed by atoms with Gasteiger partial charge in [0.1, 0.15) is 0 Å². The van der Waals surface area contributed by atoms with Gasteiger partial charge in [0.15, 0.2) is 0 Å². The first-order valence-electron chi connectivity index (χ1n) is 4.38. The highest BCUT2D eigenvalue weighted by molar-refractivity contribution is 7.99. The van der Waals surface area contributed by atoms with Crippen LogP contribution in [0, 0.1) is 13.8 Å². The molecule has 0 aliphatic heterocycles. The van der Waals surface area contributed by atoms with Gasteiger partial charge in [0.2, 0.25) is 0 Å². The molecule has 0 amide bonds. The smallest absolute Gasteiger partial charge is 0.304 e. The molecule has 0 aromatic carbocycles. The second-order valence-corrected chi connectivity index (χ2v) is 4.23. The van der Waals surface area contributed by atoms with E-state index in [-0.39, 0.29) is 6.42 Å². The van der Waals surface area contributed by atoms with Gasteiger partial charge in [0, 0.05) is 11.4 Å². The van der Waals surface area contributed by atoms with Crippen molar-refractivity contribution in [2.45, 2.75) is 25.3 Å². The molecular weight excluding hydrogens is 198 g/mol. The number of rotatable bonds is 4. The largest absolute Gasteiger partial charge is 0.481 e. The summed E-state index contributed by atoms with van der Waals surface area (Å²) < 4.78 is 0. The molecule has 1 aromatic rings. The van der Waals surface area contributed by atoms with E-state index in [4.69, 9.17) is 5.11 Å². The van der Waals surface area contributed by atoms with Gasteiger partial charge in [-0.3, -0.25) is 4.79 Å². The first kappa shape index (κ1) is 11.0. The van der Waals surface area contributed by atoms with Crippen LogP contribution in [-0.4, -0.2) is 21.8 Å². The molecule has 0 saturated heterocycles. The van der Waals surface area contributed by atoms with Crippen LogP contribution in [0.15, 0.2) is 17.2 Å². The van der Waals surface area contributed by atoms with Crippen molar-refractivity contribution in [3.05, 3.63) is 23.4 Å². The first-order chi connectivity index (χ1) is 6.58. The van der Waals surface area contributed by atoms with E-state index in [0.717, 1.165) is 16.3 Å². The van der Waals surface area contributed by atoms with Gasteiger partial charge in [-0.15, -0.1) is 11.8 Å². The Labute approximate surface area is 87.6 Å². The molecule has 0 aliphatic carbocycles. The number of carboxylic acid groups (broad SMARTS) is 1. The molecule has 0 saturated carbocycles. The van der Waals surface area contributed by atoms with Crippen molar-refractivity contribution in [1.82, 2.24) is 4.98 Å². The predicted octanol–water partition coefficient (Wildman–Crippen LogP) is 2.27. The van der Waals surface area contributed by atoms with Gasteiger partial charge in [-0.05, 0) is 31.5 Å². The normalized spacial score (nSPS) is 10.1. The van der Waals surface area contributed by atoms with Crippen LogP contribution in [0.25, 0.3) is 0 Å². The fraction of sp³-hybridized carbons (Fsp3) is 0.400. The quantitative estimate of drug-likeness (QED) is 0.776. The van der Waals surface area contributed by atoms with Crippen LogP contribution in [0.4, 0.5) is 0 Å². The lowest BCUT2D eigenvalue weighted by atomic mass is 10.3. The van der Waals surface area contributed by atoms with Crippen LogP contribution in [0.2, 0.25) is 0 Å². The molecular formula is C10H13NO2S. The van der Waals surface area contributed by atoms with E-state index in [0.29, 0.717) is 5.75 Å². The Balaban J connectivity index is 2.54. The van der Waals surface area contributed by atoms with E-state index >= 15 is 0 Å². The number of aromatic nitrogens is 1. The number of aliphatic carboxylic acids is 1. The molecule has 1 heterocycles. The molecule has 0 radical (unpaired) electrons. The summed E-state index contributed by atoms with van der Waals surface area (Å²) >= 11 is 1.49. The average Bonchev–Trinajstić information content (AvgIpc) is 2.01. The third kappa shape index (κ3) is 3.79. The van der Waals surface area contributed by atoms with Crippen molar-refractivity contribution in [2.24, 2.45) is 0 Å². The monoisotopic (exact) mass is 211 g/mol. The third-order valence-corrected chi connectivity index (χ3v) is 2.55. The van der Waals surface area contributed by atoms with Gasteiger partial charge in [-0.25, -0.2) is 4.98 Å². The molecule has 1 aromatic heterocycles. The predicted molar refractivity (Wildman–Crippen MR) is 56.7 cm³/mol. The van der Waals surface area contributed by atoms with Gasteiger partial charge in [-0.1, -0.05) is 0 Å². The molecule has 1 N–H and O–H groups in total. The summed E-state index contributed by atoms with van der Waals surface area (Å²) in [5, 5.41) is 9.37. The molecule has 0 fully saturated rings. The fourth-order valence-electron chi connectivity index (χ4n) is 1.12. The number of carboxylic acids is 1. The van der Waals surface area contributed by atoms with Crippen LogP contribution in [0.3, 0.4) is 0 Å². The van der Waals surface area contributed by atoms with E-state index < -0.39 is 5.97 Å². The topological polar surface area (TPSA) is 50.2 Å². The van der Waals surface area contributed by atoms with Crippen LogP contribution in [0.5, 0.6) is 0 Å². The number of nitrogens with zero attached hydrogens (tertiary/aromatic N) is 1. The fourth-order valence-corrected chi connectivity index (χ4v) is 2.08. The maximum Gasteiger partial charge on any atom is 0.304 e. The van der Waals surface area contributed by atoms with Gasteiger partial charge in [0.25, 0.3) is 0 Å². The zero-order valence-electron chi connectivity index (χ0n) is 8.28. The van der Waals surface area contributed by atoms with E-state index in [9.17, 15) is 4.79 Å². The molecule has 0 bridgehead atoms. The Bertz CT molecular complexity index is 319. The lowest BCUT2D eigenvalue weighted by molar-refractivity contribution is -0.136. The molecule has 76 valence electrons. The lowest BCUT2D eigenvalue weighted by Gasteiger charge is -2.02. The molecule has 14 heavy (non-hydrogen) atoms. The van der Waals surface area contributed by atoms with Crippen molar-refractivity contribution in [3.63, 3.8) is 0 Å². The van der Waals surface area contributed by atoms with Gasteiger partial charge < -0.3 is 5.11 Å². The molecule has 0 spiro atoms. The van der Waals surface area contributed by atoms with E-state index in [1.165, 1.54) is 11.8 Å². The summed E-state index contributed by atoms with van der Waals surface area (Å²) in [5.74, 6) is -0.188. The Kier molecular flexibility index (Phi) is 3.95. The number of carbonyl (C=O) groups is 1. The SMILES string of the molecule is Cc1cc(C)nc(SCCC(=O)O)c1. The standard InChI is InChI=1S/C10H13NO2S/c1-7-5-8(2)11-9(6-7)14-4-3-10(12)13/h5-6H,3-4H2,1-2H3,(H,12,13). The maximum absolute atomic E-state index is 10.3. The Hall–Kier alpha value is -1.03. The minimum absolute atomic E-state index is 0.180. The van der Waals surface area contributed by atoms with Crippen molar-refractivity contribution in [1.29, 1.82) is 0 Å². The zero-order valence-corrected chi connectivity index (χ0v) is 9.10. The number of aryl methyl sites for hydroxylation is 2. The average molecular weight is 211 g/mol. The summed E-state index contributed by atoms with van der Waals surface area (Å²) in [6, 6.07) is 3.97. The minimum Gasteiger partial charge on any atom is -0.481 e. The highest BCUT2D eigenvalue weighted by atomic mass is 32.2.